The molecule has 1 heterocycles. The number of hydrazine groups is 1. The summed E-state index contributed by atoms with van der Waals surface area (Å²) in [5.41, 5.74) is 4.56. The molecule has 0 radical (unpaired) electrons. The van der Waals surface area contributed by atoms with Crippen LogP contribution < -0.4 is 16.2 Å². The highest BCUT2D eigenvalue weighted by Gasteiger charge is 2.19. The second-order valence-electron chi connectivity index (χ2n) is 5.15. The van der Waals surface area contributed by atoms with Crippen LogP contribution in [0, 0.1) is 0 Å². The van der Waals surface area contributed by atoms with Crippen LogP contribution in [0.2, 0.25) is 0 Å². The predicted molar refractivity (Wildman–Crippen MR) is 88.6 cm³/mol. The summed E-state index contributed by atoms with van der Waals surface area (Å²) in [7, 11) is 0. The van der Waals surface area contributed by atoms with Crippen LogP contribution in [0.5, 0.6) is 0 Å². The molecule has 0 saturated carbocycles. The number of carbonyl (C=O) groups excluding carboxylic acids is 4. The molecule has 9 heteroatoms. The molecule has 2 rings (SSSR count). The van der Waals surface area contributed by atoms with Crippen LogP contribution in [-0.2, 0) is 14.3 Å². The minimum absolute atomic E-state index is 0.0135. The number of benzene rings is 1. The van der Waals surface area contributed by atoms with E-state index in [0.29, 0.717) is 5.56 Å². The van der Waals surface area contributed by atoms with Gasteiger partial charge in [-0.2, -0.15) is 0 Å². The van der Waals surface area contributed by atoms with Crippen molar-refractivity contribution in [3.8, 4) is 0 Å². The number of hydrogen-bond acceptors (Lipinski definition) is 6. The number of esters is 1. The zero-order valence-corrected chi connectivity index (χ0v) is 13.9. The fourth-order valence-corrected chi connectivity index (χ4v) is 1.82. The Morgan fingerprint density at radius 1 is 1.00 bits per heavy atom. The highest BCUT2D eigenvalue weighted by molar-refractivity contribution is 5.97. The lowest BCUT2D eigenvalue weighted by molar-refractivity contribution is -0.150. The SMILES string of the molecule is C[C@H](NC(=O)c1ccccc1)C(=O)OCC(=O)NNC(=O)c1ccco1. The largest absolute Gasteiger partial charge is 0.459 e. The Kier molecular flexibility index (Phi) is 6.49. The zero-order valence-electron chi connectivity index (χ0n) is 13.9. The fourth-order valence-electron chi connectivity index (χ4n) is 1.82. The molecule has 0 aliphatic rings. The maximum absolute atomic E-state index is 11.9. The highest BCUT2D eigenvalue weighted by atomic mass is 16.5. The zero-order chi connectivity index (χ0) is 18.9. The van der Waals surface area contributed by atoms with Crippen LogP contribution in [0.3, 0.4) is 0 Å². The Balaban J connectivity index is 1.70. The van der Waals surface area contributed by atoms with Gasteiger partial charge in [-0.25, -0.2) is 4.79 Å². The maximum Gasteiger partial charge on any atom is 0.328 e. The number of nitrogens with one attached hydrogen (secondary N) is 3. The van der Waals surface area contributed by atoms with E-state index in [1.165, 1.54) is 25.3 Å². The van der Waals surface area contributed by atoms with Crippen molar-refractivity contribution in [2.75, 3.05) is 6.61 Å². The van der Waals surface area contributed by atoms with E-state index in [1.807, 2.05) is 0 Å². The van der Waals surface area contributed by atoms with Crippen molar-refractivity contribution in [1.29, 1.82) is 0 Å². The lowest BCUT2D eigenvalue weighted by Gasteiger charge is -2.13. The molecular weight excluding hydrogens is 342 g/mol. The molecule has 0 spiro atoms. The van der Waals surface area contributed by atoms with Crippen molar-refractivity contribution >= 4 is 23.7 Å². The molecule has 3 N–H and O–H groups in total. The molecule has 3 amide bonds. The molecular formula is C17H17N3O6. The third kappa shape index (κ3) is 5.48. The van der Waals surface area contributed by atoms with Crippen LogP contribution in [-0.4, -0.2) is 36.3 Å². The molecule has 1 aromatic heterocycles. The quantitative estimate of drug-likeness (QED) is 0.506. The number of hydrogen-bond donors (Lipinski definition) is 3. The molecule has 0 aliphatic heterocycles. The molecule has 26 heavy (non-hydrogen) atoms. The summed E-state index contributed by atoms with van der Waals surface area (Å²) in [6, 6.07) is 10.3. The Morgan fingerprint density at radius 2 is 1.73 bits per heavy atom. The molecule has 9 nitrogen and oxygen atoms in total. The van der Waals surface area contributed by atoms with Gasteiger partial charge in [0.05, 0.1) is 6.26 Å². The second kappa shape index (κ2) is 9.02. The summed E-state index contributed by atoms with van der Waals surface area (Å²) in [5, 5.41) is 2.46. The lowest BCUT2D eigenvalue weighted by atomic mass is 10.2. The van der Waals surface area contributed by atoms with Gasteiger partial charge in [0.1, 0.15) is 6.04 Å². The Bertz CT molecular complexity index is 773. The minimum atomic E-state index is -0.951. The van der Waals surface area contributed by atoms with E-state index in [0.717, 1.165) is 0 Å². The number of ether oxygens (including phenoxy) is 1. The first-order chi connectivity index (χ1) is 12.5. The maximum atomic E-state index is 11.9. The Labute approximate surface area is 148 Å². The molecule has 1 aromatic carbocycles. The van der Waals surface area contributed by atoms with Crippen molar-refractivity contribution in [2.24, 2.45) is 0 Å². The molecule has 0 fully saturated rings. The fraction of sp³-hybridized carbons (Fsp3) is 0.176. The second-order valence-corrected chi connectivity index (χ2v) is 5.15. The number of carbonyl (C=O) groups is 4. The van der Waals surface area contributed by atoms with Gasteiger partial charge < -0.3 is 14.5 Å². The third-order valence-corrected chi connectivity index (χ3v) is 3.14. The summed E-state index contributed by atoms with van der Waals surface area (Å²) in [4.78, 5) is 46.9. The average molecular weight is 359 g/mol. The predicted octanol–water partition coefficient (Wildman–Crippen LogP) is 0.402. The number of amides is 3. The van der Waals surface area contributed by atoms with Crippen molar-refractivity contribution in [2.45, 2.75) is 13.0 Å². The summed E-state index contributed by atoms with van der Waals surface area (Å²) in [6.07, 6.45) is 1.31. The van der Waals surface area contributed by atoms with Gasteiger partial charge in [-0.05, 0) is 31.2 Å². The van der Waals surface area contributed by atoms with E-state index in [9.17, 15) is 19.2 Å². The van der Waals surface area contributed by atoms with Crippen LogP contribution in [0.1, 0.15) is 27.8 Å². The van der Waals surface area contributed by atoms with E-state index in [4.69, 9.17) is 9.15 Å². The van der Waals surface area contributed by atoms with Crippen molar-refractivity contribution < 1.29 is 28.3 Å². The smallest absolute Gasteiger partial charge is 0.328 e. The van der Waals surface area contributed by atoms with Crippen LogP contribution in [0.25, 0.3) is 0 Å². The standard InChI is InChI=1S/C17H17N3O6/c1-11(18-15(22)12-6-3-2-4-7-12)17(24)26-10-14(21)19-20-16(23)13-8-5-9-25-13/h2-9,11H,10H2,1H3,(H,18,22)(H,19,21)(H,20,23)/t11-/m0/s1. The van der Waals surface area contributed by atoms with Gasteiger partial charge in [-0.15, -0.1) is 0 Å². The molecule has 0 bridgehead atoms. The normalized spacial score (nSPS) is 11.1. The van der Waals surface area contributed by atoms with E-state index in [2.05, 4.69) is 16.2 Å². The Morgan fingerprint density at radius 3 is 2.38 bits per heavy atom. The number of furan rings is 1. The molecule has 136 valence electrons. The summed E-state index contributed by atoms with van der Waals surface area (Å²) in [5.74, 6) is -2.62. The van der Waals surface area contributed by atoms with Crippen LogP contribution >= 0.6 is 0 Å². The first-order valence-corrected chi connectivity index (χ1v) is 7.62. The molecule has 0 aliphatic carbocycles. The monoisotopic (exact) mass is 359 g/mol. The van der Waals surface area contributed by atoms with E-state index in [-0.39, 0.29) is 5.76 Å². The van der Waals surface area contributed by atoms with Crippen molar-refractivity contribution in [1.82, 2.24) is 16.2 Å². The first kappa shape index (κ1) is 18.7. The van der Waals surface area contributed by atoms with Crippen LogP contribution in [0.4, 0.5) is 0 Å². The van der Waals surface area contributed by atoms with E-state index in [1.54, 1.807) is 30.3 Å². The van der Waals surface area contributed by atoms with Gasteiger partial charge in [0.25, 0.3) is 11.8 Å². The van der Waals surface area contributed by atoms with Gasteiger partial charge in [-0.1, -0.05) is 18.2 Å². The van der Waals surface area contributed by atoms with Gasteiger partial charge in [0.15, 0.2) is 12.4 Å². The summed E-state index contributed by atoms with van der Waals surface area (Å²) < 4.78 is 9.63. The molecule has 0 unspecified atom stereocenters. The van der Waals surface area contributed by atoms with Crippen LogP contribution in [0.15, 0.2) is 53.1 Å². The number of rotatable bonds is 6. The lowest BCUT2D eigenvalue weighted by Crippen LogP contribution is -2.45. The summed E-state index contributed by atoms with van der Waals surface area (Å²) in [6.45, 7) is 0.808. The molecule has 2 aromatic rings. The topological polar surface area (TPSA) is 127 Å². The average Bonchev–Trinajstić information content (AvgIpc) is 3.19. The van der Waals surface area contributed by atoms with Gasteiger partial charge in [0, 0.05) is 5.56 Å². The molecule has 0 saturated heterocycles. The van der Waals surface area contributed by atoms with E-state index >= 15 is 0 Å². The van der Waals surface area contributed by atoms with E-state index < -0.39 is 36.3 Å². The van der Waals surface area contributed by atoms with Gasteiger partial charge in [0.2, 0.25) is 0 Å². The van der Waals surface area contributed by atoms with Gasteiger partial charge in [-0.3, -0.25) is 25.2 Å². The highest BCUT2D eigenvalue weighted by Crippen LogP contribution is 2.00. The first-order valence-electron chi connectivity index (χ1n) is 7.62. The molecule has 1 atom stereocenters. The van der Waals surface area contributed by atoms with Crippen molar-refractivity contribution in [3.05, 3.63) is 60.1 Å². The third-order valence-electron chi connectivity index (χ3n) is 3.14. The summed E-state index contributed by atoms with van der Waals surface area (Å²) >= 11 is 0. The van der Waals surface area contributed by atoms with Crippen molar-refractivity contribution in [3.63, 3.8) is 0 Å². The van der Waals surface area contributed by atoms with Gasteiger partial charge >= 0.3 is 11.9 Å². The minimum Gasteiger partial charge on any atom is -0.459 e. The Hall–Kier alpha value is -3.62.